The molecule has 0 unspecified atom stereocenters. The second-order valence-corrected chi connectivity index (χ2v) is 10.4. The molecule has 1 aliphatic rings. The molecule has 2 nitrogen and oxygen atoms in total. The third-order valence-corrected chi connectivity index (χ3v) is 7.85. The Bertz CT molecular complexity index is 1480. The van der Waals surface area contributed by atoms with Gasteiger partial charge in [-0.25, -0.2) is 0 Å². The quantitative estimate of drug-likeness (QED) is 0.161. The Morgan fingerprint density at radius 2 is 0.794 bits per heavy atom. The van der Waals surface area contributed by atoms with Gasteiger partial charge in [-0.1, -0.05) is 105 Å². The van der Waals surface area contributed by atoms with Crippen LogP contribution in [0, 0.1) is 0 Å². The van der Waals surface area contributed by atoms with Crippen molar-refractivity contribution in [2.45, 2.75) is 11.8 Å². The highest BCUT2D eigenvalue weighted by Crippen LogP contribution is 2.56. The molecule has 0 saturated carbocycles. The van der Waals surface area contributed by atoms with Crippen LogP contribution < -0.4 is 0 Å². The molecule has 6 rings (SSSR count). The van der Waals surface area contributed by atoms with E-state index in [4.69, 9.17) is 0 Å². The van der Waals surface area contributed by atoms with Gasteiger partial charge in [0, 0.05) is 20.1 Å². The van der Waals surface area contributed by atoms with Crippen molar-refractivity contribution >= 4 is 65.0 Å². The monoisotopic (exact) mass is 568 g/mol. The van der Waals surface area contributed by atoms with Gasteiger partial charge in [-0.05, 0) is 56.9 Å². The third kappa shape index (κ3) is 3.28. The summed E-state index contributed by atoms with van der Waals surface area (Å²) in [5.74, 6) is -1.09. The van der Waals surface area contributed by atoms with Crippen molar-refractivity contribution in [1.82, 2.24) is 0 Å². The van der Waals surface area contributed by atoms with E-state index in [1.165, 1.54) is 0 Å². The van der Waals surface area contributed by atoms with Crippen molar-refractivity contribution in [3.63, 3.8) is 0 Å². The lowest BCUT2D eigenvalue weighted by atomic mass is 9.60. The molecule has 0 saturated heterocycles. The number of Topliss-reactive ketones (excluding diaryl/α,β-unsaturated/α-hetero) is 2. The molecule has 0 radical (unpaired) electrons. The number of hydrogen-bond acceptors (Lipinski definition) is 2. The number of carbonyl (C=O) groups is 2. The first-order chi connectivity index (χ1) is 16.5. The maximum absolute atomic E-state index is 13.9. The lowest BCUT2D eigenvalue weighted by molar-refractivity contribution is 0.0846. The second-order valence-electron chi connectivity index (χ2n) is 8.62. The minimum Gasteiger partial charge on any atom is -0.293 e. The van der Waals surface area contributed by atoms with Gasteiger partial charge in [-0.3, -0.25) is 9.59 Å². The number of hydrogen-bond donors (Lipinski definition) is 0. The molecule has 0 amide bonds. The summed E-state index contributed by atoms with van der Waals surface area (Å²) < 4.78 is 1.83. The zero-order valence-electron chi connectivity index (χ0n) is 18.0. The highest BCUT2D eigenvalue weighted by molar-refractivity contribution is 9.10. The summed E-state index contributed by atoms with van der Waals surface area (Å²) in [5, 5.41) is 4.32. The number of carbonyl (C=O) groups excluding carboxylic acids is 2. The van der Waals surface area contributed by atoms with E-state index >= 15 is 0 Å². The zero-order chi connectivity index (χ0) is 23.4. The van der Waals surface area contributed by atoms with Crippen molar-refractivity contribution in [2.75, 3.05) is 0 Å². The lowest BCUT2D eigenvalue weighted by Gasteiger charge is -2.40. The van der Waals surface area contributed by atoms with E-state index in [2.05, 4.69) is 56.1 Å². The van der Waals surface area contributed by atoms with E-state index in [0.29, 0.717) is 11.1 Å². The van der Waals surface area contributed by atoms with Crippen LogP contribution in [0.5, 0.6) is 0 Å². The molecule has 0 bridgehead atoms. The average Bonchev–Trinajstić information content (AvgIpc) is 2.85. The normalized spacial score (nSPS) is 16.8. The van der Waals surface area contributed by atoms with E-state index in [-0.39, 0.29) is 11.6 Å². The van der Waals surface area contributed by atoms with Crippen LogP contribution in [-0.2, 0) is 0 Å². The van der Waals surface area contributed by atoms with Gasteiger partial charge in [-0.15, -0.1) is 0 Å². The molecule has 2 atom stereocenters. The smallest absolute Gasteiger partial charge is 0.171 e. The maximum Gasteiger partial charge on any atom is 0.171 e. The topological polar surface area (TPSA) is 34.1 Å². The fraction of sp³-hybridized carbons (Fsp3) is 0.0667. The number of halogens is 2. The Hall–Kier alpha value is -3.08. The van der Waals surface area contributed by atoms with E-state index < -0.39 is 11.8 Å². The van der Waals surface area contributed by atoms with Gasteiger partial charge in [0.15, 0.2) is 11.6 Å². The molecule has 0 heterocycles. The Labute approximate surface area is 213 Å². The van der Waals surface area contributed by atoms with Crippen molar-refractivity contribution in [1.29, 1.82) is 0 Å². The molecule has 5 aromatic rings. The number of ketones is 2. The summed E-state index contributed by atoms with van der Waals surface area (Å²) in [7, 11) is 0. The van der Waals surface area contributed by atoms with Crippen LogP contribution in [-0.4, -0.2) is 11.6 Å². The minimum absolute atomic E-state index is 0.0177. The van der Waals surface area contributed by atoms with Gasteiger partial charge in [0.25, 0.3) is 0 Å². The van der Waals surface area contributed by atoms with Gasteiger partial charge < -0.3 is 0 Å². The molecule has 1 aliphatic carbocycles. The van der Waals surface area contributed by atoms with Crippen molar-refractivity contribution in [3.8, 4) is 0 Å². The number of fused-ring (bicyclic) bond motifs is 6. The van der Waals surface area contributed by atoms with Gasteiger partial charge in [-0.2, -0.15) is 0 Å². The van der Waals surface area contributed by atoms with Crippen molar-refractivity contribution in [3.05, 3.63) is 128 Å². The third-order valence-electron chi connectivity index (χ3n) is 6.79. The predicted octanol–water partition coefficient (Wildman–Crippen LogP) is 8.46. The molecule has 4 heteroatoms. The molecule has 164 valence electrons. The summed E-state index contributed by atoms with van der Waals surface area (Å²) in [6.45, 7) is 0. The van der Waals surface area contributed by atoms with E-state index in [1.807, 2.05) is 72.8 Å². The second kappa shape index (κ2) is 8.30. The van der Waals surface area contributed by atoms with Gasteiger partial charge in [0.1, 0.15) is 0 Å². The van der Waals surface area contributed by atoms with Crippen LogP contribution in [0.4, 0.5) is 0 Å². The summed E-state index contributed by atoms with van der Waals surface area (Å²) >= 11 is 6.90. The lowest BCUT2D eigenvalue weighted by Crippen LogP contribution is -2.36. The predicted molar refractivity (Wildman–Crippen MR) is 144 cm³/mol. The molecule has 0 fully saturated rings. The van der Waals surface area contributed by atoms with Gasteiger partial charge in [0.2, 0.25) is 0 Å². The molecular formula is C30H18Br2O2. The zero-order valence-corrected chi connectivity index (χ0v) is 21.1. The van der Waals surface area contributed by atoms with E-state index in [0.717, 1.165) is 41.6 Å². The van der Waals surface area contributed by atoms with Gasteiger partial charge in [0.05, 0.1) is 11.8 Å². The summed E-state index contributed by atoms with van der Waals surface area (Å²) in [6, 6.07) is 31.2. The summed E-state index contributed by atoms with van der Waals surface area (Å²) in [6.07, 6.45) is 0. The molecule has 0 spiro atoms. The van der Waals surface area contributed by atoms with Crippen LogP contribution in [0.25, 0.3) is 21.5 Å². The Morgan fingerprint density at radius 1 is 0.471 bits per heavy atom. The first-order valence-electron chi connectivity index (χ1n) is 11.1. The SMILES string of the molecule is O=C(c1ccc(Br)cc1)[C@@H]1c2c(c3ccccc3c3ccccc23)[C@@H]1C(=O)c1ccc(Br)cc1. The van der Waals surface area contributed by atoms with Crippen LogP contribution in [0.2, 0.25) is 0 Å². The van der Waals surface area contributed by atoms with Crippen LogP contribution in [0.3, 0.4) is 0 Å². The Kier molecular flexibility index (Phi) is 5.23. The molecule has 0 aromatic heterocycles. The average molecular weight is 570 g/mol. The number of benzene rings is 5. The van der Waals surface area contributed by atoms with E-state index in [9.17, 15) is 9.59 Å². The van der Waals surface area contributed by atoms with Gasteiger partial charge >= 0.3 is 0 Å². The maximum atomic E-state index is 13.9. The first-order valence-corrected chi connectivity index (χ1v) is 12.7. The van der Waals surface area contributed by atoms with E-state index in [1.54, 1.807) is 0 Å². The summed E-state index contributed by atoms with van der Waals surface area (Å²) in [5.41, 5.74) is 3.20. The van der Waals surface area contributed by atoms with Crippen LogP contribution in [0.15, 0.2) is 106 Å². The fourth-order valence-electron chi connectivity index (χ4n) is 5.26. The molecule has 0 aliphatic heterocycles. The van der Waals surface area contributed by atoms with Crippen LogP contribution in [0.1, 0.15) is 43.7 Å². The number of rotatable bonds is 4. The Balaban J connectivity index is 1.62. The first kappa shape index (κ1) is 21.5. The van der Waals surface area contributed by atoms with Crippen LogP contribution >= 0.6 is 31.9 Å². The van der Waals surface area contributed by atoms with Crippen molar-refractivity contribution < 1.29 is 9.59 Å². The molecule has 0 N–H and O–H groups in total. The highest BCUT2D eigenvalue weighted by Gasteiger charge is 2.49. The molecule has 5 aromatic carbocycles. The van der Waals surface area contributed by atoms with Crippen molar-refractivity contribution in [2.24, 2.45) is 0 Å². The highest BCUT2D eigenvalue weighted by atomic mass is 79.9. The summed E-state index contributed by atoms with van der Waals surface area (Å²) in [4.78, 5) is 27.8. The molecular weight excluding hydrogens is 552 g/mol. The Morgan fingerprint density at radius 3 is 1.15 bits per heavy atom. The minimum atomic E-state index is -0.526. The largest absolute Gasteiger partial charge is 0.293 e. The molecule has 34 heavy (non-hydrogen) atoms. The fourth-order valence-corrected chi connectivity index (χ4v) is 5.78. The standard InChI is InChI=1S/C30H18Br2O2/c31-19-13-9-17(10-14-19)29(33)27-25-23-7-3-1-5-21(23)22-6-2-4-8-24(22)26(25)28(27)30(34)18-11-15-20(32)16-12-18/h1-16,27-28H/t27-,28+.